The second-order valence-corrected chi connectivity index (χ2v) is 3.69. The highest BCUT2D eigenvalue weighted by Gasteiger charge is 2.10. The molecule has 0 aliphatic heterocycles. The molecule has 80 valence electrons. The van der Waals surface area contributed by atoms with Gasteiger partial charge in [-0.25, -0.2) is 0 Å². The Labute approximate surface area is 85.6 Å². The lowest BCUT2D eigenvalue weighted by atomic mass is 9.90. The van der Waals surface area contributed by atoms with E-state index in [0.717, 1.165) is 0 Å². The van der Waals surface area contributed by atoms with Crippen molar-refractivity contribution in [2.75, 3.05) is 13.2 Å². The van der Waals surface area contributed by atoms with Crippen molar-refractivity contribution in [2.45, 2.75) is 39.0 Å². The molecule has 1 fully saturated rings. The monoisotopic (exact) mass is 197 g/mol. The highest BCUT2D eigenvalue weighted by molar-refractivity contribution is 5.74. The van der Waals surface area contributed by atoms with Gasteiger partial charge < -0.3 is 4.74 Å². The summed E-state index contributed by atoms with van der Waals surface area (Å²) in [5, 5.41) is 0. The maximum atomic E-state index is 10.9. The first-order valence-corrected chi connectivity index (χ1v) is 5.48. The Morgan fingerprint density at radius 1 is 1.43 bits per heavy atom. The molecule has 0 aromatic rings. The van der Waals surface area contributed by atoms with E-state index in [1.807, 2.05) is 13.1 Å². The molecule has 3 heteroatoms. The summed E-state index contributed by atoms with van der Waals surface area (Å²) in [5.74, 6) is 0.373. The molecule has 0 spiro atoms. The van der Waals surface area contributed by atoms with Crippen LogP contribution >= 0.6 is 0 Å². The third-order valence-electron chi connectivity index (χ3n) is 2.49. The van der Waals surface area contributed by atoms with E-state index in [1.165, 1.54) is 32.1 Å². The molecule has 0 radical (unpaired) electrons. The third-order valence-corrected chi connectivity index (χ3v) is 2.49. The molecule has 0 aromatic carbocycles. The van der Waals surface area contributed by atoms with Gasteiger partial charge in [0.2, 0.25) is 0 Å². The van der Waals surface area contributed by atoms with E-state index in [9.17, 15) is 4.79 Å². The van der Waals surface area contributed by atoms with Gasteiger partial charge in [0.1, 0.15) is 6.54 Å². The summed E-state index contributed by atoms with van der Waals surface area (Å²) >= 11 is 0. The molecule has 1 saturated carbocycles. The van der Waals surface area contributed by atoms with Crippen molar-refractivity contribution in [2.24, 2.45) is 10.9 Å². The number of ether oxygens (including phenoxy) is 1. The van der Waals surface area contributed by atoms with Gasteiger partial charge in [-0.05, 0) is 25.7 Å². The maximum Gasteiger partial charge on any atom is 0.327 e. The largest absolute Gasteiger partial charge is 0.465 e. The standard InChI is InChI=1S/C11H19NO2/c1-2-14-11(13)9-12-8-10-6-4-3-5-7-10/h8,10H,2-7,9H2,1H3. The van der Waals surface area contributed by atoms with Crippen LogP contribution in [-0.2, 0) is 9.53 Å². The van der Waals surface area contributed by atoms with Crippen LogP contribution in [0.3, 0.4) is 0 Å². The summed E-state index contributed by atoms with van der Waals surface area (Å²) in [5.41, 5.74) is 0. The molecule has 0 atom stereocenters. The molecule has 1 aliphatic carbocycles. The van der Waals surface area contributed by atoms with Crippen LogP contribution in [-0.4, -0.2) is 25.3 Å². The number of hydrogen-bond acceptors (Lipinski definition) is 3. The van der Waals surface area contributed by atoms with Gasteiger partial charge in [0, 0.05) is 6.21 Å². The Bertz CT molecular complexity index is 195. The predicted octanol–water partition coefficient (Wildman–Crippen LogP) is 2.20. The molecule has 3 nitrogen and oxygen atoms in total. The molecule has 0 amide bonds. The van der Waals surface area contributed by atoms with Crippen molar-refractivity contribution in [3.05, 3.63) is 0 Å². The molecule has 0 unspecified atom stereocenters. The van der Waals surface area contributed by atoms with Crippen molar-refractivity contribution >= 4 is 12.2 Å². The molecule has 0 saturated heterocycles. The van der Waals surface area contributed by atoms with E-state index in [4.69, 9.17) is 4.74 Å². The molecule has 1 aliphatic rings. The Kier molecular flexibility index (Phi) is 5.27. The molecule has 0 heterocycles. The molecule has 14 heavy (non-hydrogen) atoms. The van der Waals surface area contributed by atoms with E-state index in [2.05, 4.69) is 4.99 Å². The van der Waals surface area contributed by atoms with Gasteiger partial charge >= 0.3 is 5.97 Å². The minimum absolute atomic E-state index is 0.185. The van der Waals surface area contributed by atoms with Gasteiger partial charge in [0.05, 0.1) is 6.61 Å². The van der Waals surface area contributed by atoms with Crippen LogP contribution in [0.25, 0.3) is 0 Å². The number of hydrogen-bond donors (Lipinski definition) is 0. The molecule has 0 N–H and O–H groups in total. The Hall–Kier alpha value is -0.860. The van der Waals surface area contributed by atoms with Gasteiger partial charge in [-0.2, -0.15) is 0 Å². The number of carbonyl (C=O) groups is 1. The summed E-state index contributed by atoms with van der Waals surface area (Å²) in [6.07, 6.45) is 8.35. The summed E-state index contributed by atoms with van der Waals surface area (Å²) in [6.45, 7) is 2.44. The Balaban J connectivity index is 2.15. The van der Waals surface area contributed by atoms with E-state index in [-0.39, 0.29) is 12.5 Å². The van der Waals surface area contributed by atoms with E-state index in [0.29, 0.717) is 12.5 Å². The quantitative estimate of drug-likeness (QED) is 0.512. The van der Waals surface area contributed by atoms with Gasteiger partial charge in [-0.1, -0.05) is 19.3 Å². The summed E-state index contributed by atoms with van der Waals surface area (Å²) in [6, 6.07) is 0. The summed E-state index contributed by atoms with van der Waals surface area (Å²) in [7, 11) is 0. The smallest absolute Gasteiger partial charge is 0.327 e. The topological polar surface area (TPSA) is 38.7 Å². The fourth-order valence-electron chi connectivity index (χ4n) is 1.77. The van der Waals surface area contributed by atoms with Crippen LogP contribution in [0.2, 0.25) is 0 Å². The minimum atomic E-state index is -0.223. The number of nitrogens with zero attached hydrogens (tertiary/aromatic N) is 1. The van der Waals surface area contributed by atoms with Crippen LogP contribution < -0.4 is 0 Å². The Morgan fingerprint density at radius 3 is 2.79 bits per heavy atom. The average molecular weight is 197 g/mol. The van der Waals surface area contributed by atoms with Crippen molar-refractivity contribution < 1.29 is 9.53 Å². The van der Waals surface area contributed by atoms with E-state index >= 15 is 0 Å². The zero-order chi connectivity index (χ0) is 10.2. The summed E-state index contributed by atoms with van der Waals surface area (Å²) < 4.78 is 4.78. The normalized spacial score (nSPS) is 18.6. The van der Waals surface area contributed by atoms with E-state index < -0.39 is 0 Å². The van der Waals surface area contributed by atoms with E-state index in [1.54, 1.807) is 0 Å². The van der Waals surface area contributed by atoms with Crippen molar-refractivity contribution in [3.8, 4) is 0 Å². The van der Waals surface area contributed by atoms with Gasteiger partial charge in [0.25, 0.3) is 0 Å². The fraction of sp³-hybridized carbons (Fsp3) is 0.818. The zero-order valence-electron chi connectivity index (χ0n) is 8.87. The lowest BCUT2D eigenvalue weighted by Crippen LogP contribution is -2.11. The van der Waals surface area contributed by atoms with Gasteiger partial charge in [0.15, 0.2) is 0 Å². The second kappa shape index (κ2) is 6.57. The maximum absolute atomic E-state index is 10.9. The van der Waals surface area contributed by atoms with Gasteiger partial charge in [-0.3, -0.25) is 9.79 Å². The number of esters is 1. The summed E-state index contributed by atoms with van der Waals surface area (Å²) in [4.78, 5) is 15.1. The first-order chi connectivity index (χ1) is 6.83. The van der Waals surface area contributed by atoms with Crippen LogP contribution in [0.1, 0.15) is 39.0 Å². The van der Waals surface area contributed by atoms with Gasteiger partial charge in [-0.15, -0.1) is 0 Å². The average Bonchev–Trinajstić information content (AvgIpc) is 2.20. The number of carbonyl (C=O) groups excluding carboxylic acids is 1. The van der Waals surface area contributed by atoms with Crippen LogP contribution in [0.4, 0.5) is 0 Å². The highest BCUT2D eigenvalue weighted by atomic mass is 16.5. The lowest BCUT2D eigenvalue weighted by molar-refractivity contribution is -0.141. The minimum Gasteiger partial charge on any atom is -0.465 e. The third kappa shape index (κ3) is 4.40. The predicted molar refractivity (Wildman–Crippen MR) is 56.6 cm³/mol. The lowest BCUT2D eigenvalue weighted by Gasteiger charge is -2.16. The zero-order valence-corrected chi connectivity index (χ0v) is 8.87. The second-order valence-electron chi connectivity index (χ2n) is 3.69. The molecule has 0 bridgehead atoms. The molecular weight excluding hydrogens is 178 g/mol. The fourth-order valence-corrected chi connectivity index (χ4v) is 1.77. The SMILES string of the molecule is CCOC(=O)CN=CC1CCCCC1. The van der Waals surface area contributed by atoms with Crippen molar-refractivity contribution in [3.63, 3.8) is 0 Å². The van der Waals surface area contributed by atoms with Crippen LogP contribution in [0.5, 0.6) is 0 Å². The van der Waals surface area contributed by atoms with Crippen molar-refractivity contribution in [1.82, 2.24) is 0 Å². The first-order valence-electron chi connectivity index (χ1n) is 5.48. The first kappa shape index (κ1) is 11.2. The molecule has 0 aromatic heterocycles. The van der Waals surface area contributed by atoms with Crippen molar-refractivity contribution in [1.29, 1.82) is 0 Å². The van der Waals surface area contributed by atoms with Crippen LogP contribution in [0.15, 0.2) is 4.99 Å². The number of rotatable bonds is 4. The Morgan fingerprint density at radius 2 is 2.14 bits per heavy atom. The molecular formula is C11H19NO2. The van der Waals surface area contributed by atoms with Crippen LogP contribution in [0, 0.1) is 5.92 Å². The highest BCUT2D eigenvalue weighted by Crippen LogP contribution is 2.21. The number of aliphatic imine (C=N–C) groups is 1. The molecule has 1 rings (SSSR count).